The van der Waals surface area contributed by atoms with Gasteiger partial charge in [0, 0.05) is 0 Å². The molecule has 0 spiro atoms. The van der Waals surface area contributed by atoms with Crippen molar-refractivity contribution in [3.63, 3.8) is 0 Å². The summed E-state index contributed by atoms with van der Waals surface area (Å²) in [6.45, 7) is 0. The summed E-state index contributed by atoms with van der Waals surface area (Å²) in [5, 5.41) is 0. The third-order valence-corrected chi connectivity index (χ3v) is 2.98. The van der Waals surface area contributed by atoms with Gasteiger partial charge in [0.2, 0.25) is 0 Å². The number of halogens is 6. The van der Waals surface area contributed by atoms with Gasteiger partial charge in [0.1, 0.15) is 8.64 Å². The standard InChI is InChI=1S/2C3H4F3NS2.Li.H/c2*4-3(5,6)1-9-2(7)8;;/h2*1H2,(H2,7,8);;/q;;+1;-1. The second-order valence-corrected chi connectivity index (χ2v) is 5.88. The molecule has 0 aliphatic carbocycles. The fraction of sp³-hybridized carbons (Fsp3) is 0.667. The van der Waals surface area contributed by atoms with Gasteiger partial charge in [0.25, 0.3) is 0 Å². The second kappa shape index (κ2) is 11.3. The summed E-state index contributed by atoms with van der Waals surface area (Å²) in [4.78, 5) is 0. The van der Waals surface area contributed by atoms with E-state index in [1.807, 2.05) is 0 Å². The van der Waals surface area contributed by atoms with Crippen molar-refractivity contribution in [1.82, 2.24) is 0 Å². The smallest absolute Gasteiger partial charge is 1.00 e. The molecule has 0 heterocycles. The van der Waals surface area contributed by atoms with E-state index in [1.54, 1.807) is 0 Å². The molecule has 0 aromatic heterocycles. The van der Waals surface area contributed by atoms with Crippen molar-refractivity contribution < 1.29 is 46.6 Å². The third kappa shape index (κ3) is 32.3. The number of thioether (sulfide) groups is 2. The van der Waals surface area contributed by atoms with Gasteiger partial charge in [-0.25, -0.2) is 0 Å². The average Bonchev–Trinajstić information content (AvgIpc) is 2.10. The number of hydrogen-bond donors (Lipinski definition) is 2. The first-order valence-electron chi connectivity index (χ1n) is 3.81. The molecule has 110 valence electrons. The largest absolute Gasteiger partial charge is 1.00 e. The Bertz CT molecular complexity index is 260. The number of hydrogen-bond acceptors (Lipinski definition) is 4. The van der Waals surface area contributed by atoms with Crippen molar-refractivity contribution in [3.05, 3.63) is 0 Å². The fourth-order valence-electron chi connectivity index (χ4n) is 0.306. The van der Waals surface area contributed by atoms with Gasteiger partial charge in [-0.1, -0.05) is 48.0 Å². The monoisotopic (exact) mass is 358 g/mol. The molecule has 2 nitrogen and oxygen atoms in total. The first kappa shape index (κ1) is 24.7. The molecule has 0 amide bonds. The van der Waals surface area contributed by atoms with Crippen molar-refractivity contribution in [3.8, 4) is 0 Å². The Morgan fingerprint density at radius 2 is 1.05 bits per heavy atom. The van der Waals surface area contributed by atoms with Crippen LogP contribution >= 0.6 is 48.0 Å². The van der Waals surface area contributed by atoms with Crippen LogP contribution in [0.1, 0.15) is 1.43 Å². The minimum absolute atomic E-state index is 0. The number of alkyl halides is 6. The summed E-state index contributed by atoms with van der Waals surface area (Å²) < 4.78 is 67.3. The summed E-state index contributed by atoms with van der Waals surface area (Å²) in [5.41, 5.74) is 9.59. The zero-order valence-corrected chi connectivity index (χ0v) is 12.7. The zero-order chi connectivity index (χ0) is 15.0. The van der Waals surface area contributed by atoms with Gasteiger partial charge in [0.15, 0.2) is 0 Å². The maximum atomic E-state index is 11.3. The Hall–Kier alpha value is 0.657. The van der Waals surface area contributed by atoms with Crippen LogP contribution < -0.4 is 30.3 Å². The number of thiocarbonyl (C=S) groups is 2. The summed E-state index contributed by atoms with van der Waals surface area (Å²) >= 11 is 9.25. The van der Waals surface area contributed by atoms with Gasteiger partial charge < -0.3 is 12.9 Å². The Kier molecular flexibility index (Phi) is 14.7. The van der Waals surface area contributed by atoms with Crippen LogP contribution in [0.25, 0.3) is 0 Å². The van der Waals surface area contributed by atoms with E-state index in [0.717, 1.165) is 0 Å². The third-order valence-electron chi connectivity index (χ3n) is 0.756. The second-order valence-electron chi connectivity index (χ2n) is 2.45. The topological polar surface area (TPSA) is 52.0 Å². The number of nitrogens with two attached hydrogens (primary N) is 2. The Morgan fingerprint density at radius 1 is 0.842 bits per heavy atom. The molecule has 0 bridgehead atoms. The van der Waals surface area contributed by atoms with E-state index < -0.39 is 23.9 Å². The van der Waals surface area contributed by atoms with Crippen molar-refractivity contribution in [1.29, 1.82) is 0 Å². The van der Waals surface area contributed by atoms with Crippen molar-refractivity contribution >= 4 is 56.6 Å². The molecule has 0 saturated heterocycles. The van der Waals surface area contributed by atoms with Crippen LogP contribution in [0, 0.1) is 0 Å². The van der Waals surface area contributed by atoms with Gasteiger partial charge in [-0.3, -0.25) is 0 Å². The molecule has 0 fully saturated rings. The maximum Gasteiger partial charge on any atom is 1.00 e. The van der Waals surface area contributed by atoms with Crippen LogP contribution in [-0.4, -0.2) is 32.5 Å². The minimum Gasteiger partial charge on any atom is -1.00 e. The fourth-order valence-corrected chi connectivity index (χ4v) is 1.27. The normalized spacial score (nSPS) is 10.8. The molecule has 0 atom stereocenters. The molecular formula is C6H9F6LiN2S4. The first-order chi connectivity index (χ1) is 7.83. The van der Waals surface area contributed by atoms with Gasteiger partial charge in [-0.05, 0) is 0 Å². The Balaban J connectivity index is -0.000000116. The Morgan fingerprint density at radius 3 is 1.11 bits per heavy atom. The SMILES string of the molecule is NC(=S)SCC(F)(F)F.NC(=S)SCC(F)(F)F.[H-].[Li+]. The summed E-state index contributed by atoms with van der Waals surface area (Å²) in [6, 6.07) is 0. The van der Waals surface area contributed by atoms with E-state index in [4.69, 9.17) is 11.5 Å². The first-order valence-corrected chi connectivity index (χ1v) is 6.60. The molecule has 0 aliphatic heterocycles. The quantitative estimate of drug-likeness (QED) is 0.417. The molecule has 0 aliphatic rings. The van der Waals surface area contributed by atoms with E-state index >= 15 is 0 Å². The predicted molar refractivity (Wildman–Crippen MR) is 71.7 cm³/mol. The maximum absolute atomic E-state index is 11.3. The molecule has 0 saturated carbocycles. The van der Waals surface area contributed by atoms with Gasteiger partial charge in [0.05, 0.1) is 11.5 Å². The van der Waals surface area contributed by atoms with Gasteiger partial charge in [-0.2, -0.15) is 26.3 Å². The molecular weight excluding hydrogens is 349 g/mol. The van der Waals surface area contributed by atoms with E-state index in [1.165, 1.54) is 0 Å². The molecule has 13 heteroatoms. The van der Waals surface area contributed by atoms with E-state index in [2.05, 4.69) is 24.4 Å². The minimum atomic E-state index is -4.17. The van der Waals surface area contributed by atoms with E-state index in [9.17, 15) is 26.3 Å². The zero-order valence-electron chi connectivity index (χ0n) is 10.5. The van der Waals surface area contributed by atoms with E-state index in [0.29, 0.717) is 23.5 Å². The van der Waals surface area contributed by atoms with Crippen molar-refractivity contribution in [2.24, 2.45) is 11.5 Å². The number of rotatable bonds is 2. The van der Waals surface area contributed by atoms with E-state index in [-0.39, 0.29) is 28.9 Å². The van der Waals surface area contributed by atoms with Crippen LogP contribution in [0.2, 0.25) is 0 Å². The average molecular weight is 358 g/mol. The van der Waals surface area contributed by atoms with Gasteiger partial charge in [-0.15, -0.1) is 0 Å². The molecule has 19 heavy (non-hydrogen) atoms. The van der Waals surface area contributed by atoms with Crippen LogP contribution in [0.15, 0.2) is 0 Å². The summed E-state index contributed by atoms with van der Waals surface area (Å²) in [7, 11) is 0. The molecule has 0 radical (unpaired) electrons. The Labute approximate surface area is 138 Å². The molecule has 4 N–H and O–H groups in total. The molecule has 0 rings (SSSR count). The van der Waals surface area contributed by atoms with Crippen LogP contribution in [0.3, 0.4) is 0 Å². The molecule has 0 aromatic rings. The van der Waals surface area contributed by atoms with Gasteiger partial charge >= 0.3 is 31.2 Å². The van der Waals surface area contributed by atoms with Crippen LogP contribution in [-0.2, 0) is 0 Å². The molecule has 0 aromatic carbocycles. The molecule has 0 unspecified atom stereocenters. The van der Waals surface area contributed by atoms with Crippen molar-refractivity contribution in [2.45, 2.75) is 12.4 Å². The van der Waals surface area contributed by atoms with Crippen LogP contribution in [0.4, 0.5) is 26.3 Å². The summed E-state index contributed by atoms with van der Waals surface area (Å²) in [6.07, 6.45) is -8.35. The summed E-state index contributed by atoms with van der Waals surface area (Å²) in [5.74, 6) is -2.00. The van der Waals surface area contributed by atoms with Crippen LogP contribution in [0.5, 0.6) is 0 Å². The van der Waals surface area contributed by atoms with Crippen molar-refractivity contribution in [2.75, 3.05) is 11.5 Å². The predicted octanol–water partition coefficient (Wildman–Crippen LogP) is 0.168.